The van der Waals surface area contributed by atoms with Crippen LogP contribution in [0, 0.1) is 10.8 Å². The van der Waals surface area contributed by atoms with Gasteiger partial charge in [-0.25, -0.2) is 9.78 Å². The Kier molecular flexibility index (Phi) is 6.33. The number of hydrogen-bond donors (Lipinski definition) is 1. The predicted molar refractivity (Wildman–Crippen MR) is 158 cm³/mol. The summed E-state index contributed by atoms with van der Waals surface area (Å²) in [7, 11) is 1.60. The lowest BCUT2D eigenvalue weighted by Gasteiger charge is -2.50. The van der Waals surface area contributed by atoms with Gasteiger partial charge in [-0.05, 0) is 54.0 Å². The van der Waals surface area contributed by atoms with E-state index in [1.807, 2.05) is 59.5 Å². The third-order valence-electron chi connectivity index (χ3n) is 8.53. The molecule has 0 radical (unpaired) electrons. The molecule has 1 aromatic heterocycles. The van der Waals surface area contributed by atoms with Crippen molar-refractivity contribution in [2.45, 2.75) is 27.2 Å². The summed E-state index contributed by atoms with van der Waals surface area (Å²) in [6, 6.07) is 20.0. The summed E-state index contributed by atoms with van der Waals surface area (Å²) >= 11 is 0. The molecule has 7 heteroatoms. The molecule has 0 spiro atoms. The first-order chi connectivity index (χ1) is 19.6. The number of rotatable bonds is 5. The van der Waals surface area contributed by atoms with E-state index in [9.17, 15) is 14.7 Å². The quantitative estimate of drug-likeness (QED) is 0.267. The van der Waals surface area contributed by atoms with Crippen LogP contribution in [0.5, 0.6) is 5.75 Å². The number of oxazole rings is 1. The molecule has 1 aliphatic carbocycles. The van der Waals surface area contributed by atoms with Crippen molar-refractivity contribution in [3.63, 3.8) is 0 Å². The highest BCUT2D eigenvalue weighted by molar-refractivity contribution is 6.01. The van der Waals surface area contributed by atoms with Gasteiger partial charge in [-0.15, -0.1) is 0 Å². The van der Waals surface area contributed by atoms with Crippen LogP contribution in [-0.4, -0.2) is 47.1 Å². The molecule has 0 saturated carbocycles. The molecule has 6 rings (SSSR count). The zero-order chi connectivity index (χ0) is 28.9. The molecule has 0 unspecified atom stereocenters. The highest BCUT2D eigenvalue weighted by atomic mass is 16.5. The maximum atomic E-state index is 14.0. The first-order valence-electron chi connectivity index (χ1n) is 13.7. The summed E-state index contributed by atoms with van der Waals surface area (Å²) in [5, 5.41) is 9.30. The summed E-state index contributed by atoms with van der Waals surface area (Å²) in [6.45, 7) is 7.72. The summed E-state index contributed by atoms with van der Waals surface area (Å²) < 4.78 is 11.5. The first-order valence-corrected chi connectivity index (χ1v) is 13.7. The number of aromatic carboxylic acids is 1. The minimum atomic E-state index is -0.932. The zero-order valence-electron chi connectivity index (χ0n) is 23.6. The normalized spacial score (nSPS) is 19.8. The van der Waals surface area contributed by atoms with E-state index in [0.717, 1.165) is 12.0 Å². The Morgan fingerprint density at radius 3 is 2.46 bits per heavy atom. The molecule has 1 aliphatic heterocycles. The molecule has 3 aromatic carbocycles. The number of nitrogens with zero attached hydrogens (tertiary/aromatic N) is 2. The number of fused-ring (bicyclic) bond motifs is 2. The third kappa shape index (κ3) is 4.42. The van der Waals surface area contributed by atoms with Crippen LogP contribution in [0.25, 0.3) is 28.1 Å². The van der Waals surface area contributed by atoms with Gasteiger partial charge in [0.25, 0.3) is 5.91 Å². The molecule has 7 nitrogen and oxygen atoms in total. The molecular weight excluding hydrogens is 516 g/mol. The van der Waals surface area contributed by atoms with E-state index in [2.05, 4.69) is 37.9 Å². The summed E-state index contributed by atoms with van der Waals surface area (Å²) in [6.07, 6.45) is 5.22. The number of allylic oxidation sites excluding steroid dienone is 2. The van der Waals surface area contributed by atoms with Gasteiger partial charge in [-0.1, -0.05) is 68.8 Å². The van der Waals surface area contributed by atoms with Crippen molar-refractivity contribution in [2.24, 2.45) is 10.8 Å². The summed E-state index contributed by atoms with van der Waals surface area (Å²) in [4.78, 5) is 31.9. The number of ether oxygens (including phenoxy) is 1. The molecule has 2 aliphatic rings. The van der Waals surface area contributed by atoms with Crippen molar-refractivity contribution in [1.82, 2.24) is 9.88 Å². The van der Waals surface area contributed by atoms with Crippen LogP contribution in [0.2, 0.25) is 0 Å². The van der Waals surface area contributed by atoms with E-state index in [1.54, 1.807) is 19.2 Å². The molecule has 1 amide bonds. The fraction of sp³-hybridized carbons (Fsp3) is 0.265. The Labute approximate surface area is 238 Å². The lowest BCUT2D eigenvalue weighted by molar-refractivity contribution is 0.0679. The van der Waals surface area contributed by atoms with Crippen molar-refractivity contribution in [2.75, 3.05) is 20.2 Å². The van der Waals surface area contributed by atoms with Crippen LogP contribution in [-0.2, 0) is 0 Å². The molecule has 41 heavy (non-hydrogen) atoms. The predicted octanol–water partition coefficient (Wildman–Crippen LogP) is 7.10. The second-order valence-corrected chi connectivity index (χ2v) is 11.6. The molecule has 4 aromatic rings. The Hall–Kier alpha value is -4.65. The van der Waals surface area contributed by atoms with Gasteiger partial charge in [-0.3, -0.25) is 4.79 Å². The number of carboxylic acids is 1. The molecule has 0 saturated heterocycles. The maximum absolute atomic E-state index is 14.0. The van der Waals surface area contributed by atoms with Crippen molar-refractivity contribution in [3.8, 4) is 17.2 Å². The number of hydrogen-bond acceptors (Lipinski definition) is 5. The molecular formula is C34H32N2O5. The van der Waals surface area contributed by atoms with E-state index < -0.39 is 5.97 Å². The number of methoxy groups -OCH3 is 1. The number of aromatic nitrogens is 1. The van der Waals surface area contributed by atoms with Gasteiger partial charge in [0.15, 0.2) is 11.1 Å². The largest absolute Gasteiger partial charge is 0.494 e. The van der Waals surface area contributed by atoms with Crippen LogP contribution in [0.15, 0.2) is 88.9 Å². The van der Waals surface area contributed by atoms with Gasteiger partial charge in [0.05, 0.1) is 18.2 Å². The van der Waals surface area contributed by atoms with Crippen molar-refractivity contribution in [3.05, 3.63) is 101 Å². The van der Waals surface area contributed by atoms with E-state index >= 15 is 0 Å². The van der Waals surface area contributed by atoms with Crippen molar-refractivity contribution in [1.29, 1.82) is 0 Å². The molecule has 2 heterocycles. The minimum Gasteiger partial charge on any atom is -0.494 e. The first kappa shape index (κ1) is 26.6. The second kappa shape index (κ2) is 9.77. The lowest BCUT2D eigenvalue weighted by Crippen LogP contribution is -2.48. The Balaban J connectivity index is 1.30. The molecule has 1 atom stereocenters. The Morgan fingerprint density at radius 1 is 0.976 bits per heavy atom. The van der Waals surface area contributed by atoms with E-state index in [0.29, 0.717) is 47.0 Å². The number of amides is 1. The van der Waals surface area contributed by atoms with Crippen LogP contribution < -0.4 is 4.74 Å². The van der Waals surface area contributed by atoms with Gasteiger partial charge >= 0.3 is 5.97 Å². The smallest absolute Gasteiger partial charge is 0.335 e. The van der Waals surface area contributed by atoms with Gasteiger partial charge < -0.3 is 19.2 Å². The summed E-state index contributed by atoms with van der Waals surface area (Å²) in [5.74, 6) is 0.00244. The highest BCUT2D eigenvalue weighted by Crippen LogP contribution is 2.55. The fourth-order valence-corrected chi connectivity index (χ4v) is 6.59. The molecule has 208 valence electrons. The number of para-hydroxylation sites is 1. The highest BCUT2D eigenvalue weighted by Gasteiger charge is 2.46. The molecule has 1 N–H and O–H groups in total. The van der Waals surface area contributed by atoms with E-state index in [4.69, 9.17) is 9.15 Å². The Morgan fingerprint density at radius 2 is 1.73 bits per heavy atom. The number of carboxylic acid groups (broad SMARTS) is 1. The van der Waals surface area contributed by atoms with E-state index in [1.165, 1.54) is 11.1 Å². The molecule has 0 bridgehead atoms. The van der Waals surface area contributed by atoms with Crippen LogP contribution in [0.4, 0.5) is 0 Å². The lowest BCUT2D eigenvalue weighted by atomic mass is 9.58. The van der Waals surface area contributed by atoms with Gasteiger partial charge in [0, 0.05) is 29.5 Å². The van der Waals surface area contributed by atoms with Gasteiger partial charge in [-0.2, -0.15) is 0 Å². The SMILES string of the molecule is COc1cccc2oc(-c3ccccc3C(=O)N3CC=C4C(C)(C)C(c5ccc(C(=O)O)cc5)=CC[C@]4(C)C3)nc12. The van der Waals surface area contributed by atoms with Crippen molar-refractivity contribution < 1.29 is 23.8 Å². The number of carbonyl (C=O) groups is 2. The number of carbonyl (C=O) groups excluding carboxylic acids is 1. The van der Waals surface area contributed by atoms with Gasteiger partial charge in [0.2, 0.25) is 5.89 Å². The average molecular weight is 549 g/mol. The fourth-order valence-electron chi connectivity index (χ4n) is 6.59. The molecule has 0 fully saturated rings. The standard InChI is InChI=1S/C34H32N2O5/c1-33(2)25(21-12-14-22(15-13-21)32(38)39)16-18-34(3)20-36(19-17-28(33)34)31(37)24-9-6-5-8-23(24)30-35-29-26(40-4)10-7-11-27(29)41-30/h5-17H,18-20H2,1-4H3,(H,38,39)/t34-/m1/s1. The van der Waals surface area contributed by atoms with Gasteiger partial charge in [0.1, 0.15) is 5.75 Å². The monoisotopic (exact) mass is 548 g/mol. The third-order valence-corrected chi connectivity index (χ3v) is 8.53. The topological polar surface area (TPSA) is 92.9 Å². The van der Waals surface area contributed by atoms with E-state index in [-0.39, 0.29) is 22.3 Å². The number of benzene rings is 3. The summed E-state index contributed by atoms with van der Waals surface area (Å²) in [5.41, 5.74) is 5.67. The van der Waals surface area contributed by atoms with Crippen LogP contribution in [0.1, 0.15) is 53.5 Å². The van der Waals surface area contributed by atoms with Crippen molar-refractivity contribution >= 4 is 28.5 Å². The average Bonchev–Trinajstić information content (AvgIpc) is 3.41. The minimum absolute atomic E-state index is 0.0665. The Bertz CT molecular complexity index is 1740. The van der Waals surface area contributed by atoms with Crippen LogP contribution >= 0.6 is 0 Å². The zero-order valence-corrected chi connectivity index (χ0v) is 23.6. The van der Waals surface area contributed by atoms with Crippen LogP contribution in [0.3, 0.4) is 0 Å². The maximum Gasteiger partial charge on any atom is 0.335 e. The second-order valence-electron chi connectivity index (χ2n) is 11.6.